The van der Waals surface area contributed by atoms with Gasteiger partial charge in [-0.25, -0.2) is 4.39 Å². The van der Waals surface area contributed by atoms with E-state index in [9.17, 15) is 18.8 Å². The van der Waals surface area contributed by atoms with Gasteiger partial charge in [-0.05, 0) is 0 Å². The van der Waals surface area contributed by atoms with E-state index >= 15 is 0 Å². The first-order valence-corrected chi connectivity index (χ1v) is 5.58. The molecule has 0 aromatic rings. The number of rotatable bonds is 3. The lowest BCUT2D eigenvalue weighted by Gasteiger charge is -2.37. The third kappa shape index (κ3) is 4.47. The maximum Gasteiger partial charge on any atom is 0.305 e. The Labute approximate surface area is 108 Å². The van der Waals surface area contributed by atoms with Crippen LogP contribution in [-0.2, 0) is 33.3 Å². The highest BCUT2D eigenvalue weighted by Gasteiger charge is 2.47. The van der Waals surface area contributed by atoms with Gasteiger partial charge in [0.15, 0.2) is 12.3 Å². The lowest BCUT2D eigenvalue weighted by atomic mass is 10.1. The molecule has 0 amide bonds. The smallest absolute Gasteiger partial charge is 0.305 e. The Morgan fingerprint density at radius 2 is 1.42 bits per heavy atom. The Morgan fingerprint density at radius 3 is 1.89 bits per heavy atom. The molecule has 0 radical (unpaired) electrons. The Morgan fingerprint density at radius 1 is 0.947 bits per heavy atom. The molecule has 19 heavy (non-hydrogen) atoms. The minimum atomic E-state index is -1.68. The molecule has 8 heteroatoms. The summed E-state index contributed by atoms with van der Waals surface area (Å²) in [5.74, 6) is -2.17. The zero-order valence-corrected chi connectivity index (χ0v) is 10.8. The molecule has 0 aromatic carbocycles. The molecule has 0 N–H and O–H groups in total. The van der Waals surface area contributed by atoms with Gasteiger partial charge in [0.1, 0.15) is 0 Å². The lowest BCUT2D eigenvalue weighted by molar-refractivity contribution is -0.263. The van der Waals surface area contributed by atoms with Crippen LogP contribution < -0.4 is 0 Å². The molecule has 0 aromatic heterocycles. The maximum atomic E-state index is 13.7. The Kier molecular flexibility index (Phi) is 5.22. The zero-order chi connectivity index (χ0) is 14.6. The molecular weight excluding hydrogens is 263 g/mol. The first-order valence-electron chi connectivity index (χ1n) is 5.58. The van der Waals surface area contributed by atoms with E-state index in [2.05, 4.69) is 0 Å². The first kappa shape index (κ1) is 15.4. The normalized spacial score (nSPS) is 30.3. The second kappa shape index (κ2) is 6.46. The van der Waals surface area contributed by atoms with Gasteiger partial charge in [0, 0.05) is 20.8 Å². The fourth-order valence-corrected chi connectivity index (χ4v) is 1.65. The molecule has 0 aliphatic carbocycles. The van der Waals surface area contributed by atoms with Gasteiger partial charge in [-0.15, -0.1) is 0 Å². The van der Waals surface area contributed by atoms with E-state index in [0.29, 0.717) is 0 Å². The van der Waals surface area contributed by atoms with Crippen molar-refractivity contribution in [3.63, 3.8) is 0 Å². The summed E-state index contributed by atoms with van der Waals surface area (Å²) in [5, 5.41) is 0. The molecule has 4 atom stereocenters. The van der Waals surface area contributed by atoms with Crippen molar-refractivity contribution in [1.82, 2.24) is 0 Å². The lowest BCUT2D eigenvalue weighted by Crippen LogP contribution is -2.56. The fourth-order valence-electron chi connectivity index (χ4n) is 1.65. The van der Waals surface area contributed by atoms with Crippen LogP contribution in [0.3, 0.4) is 0 Å². The van der Waals surface area contributed by atoms with Gasteiger partial charge in [0.2, 0.25) is 12.4 Å². The molecule has 0 saturated carbocycles. The summed E-state index contributed by atoms with van der Waals surface area (Å²) in [6.07, 6.45) is -5.70. The number of carbonyl (C=O) groups is 3. The molecular formula is C11H15FO7. The largest absolute Gasteiger partial charge is 0.455 e. The van der Waals surface area contributed by atoms with E-state index in [4.69, 9.17) is 18.9 Å². The molecule has 0 bridgehead atoms. The summed E-state index contributed by atoms with van der Waals surface area (Å²) in [6.45, 7) is 2.87. The van der Waals surface area contributed by atoms with Crippen LogP contribution in [0.15, 0.2) is 0 Å². The highest BCUT2D eigenvalue weighted by atomic mass is 19.1. The summed E-state index contributed by atoms with van der Waals surface area (Å²) in [7, 11) is 0. The van der Waals surface area contributed by atoms with Crippen LogP contribution in [-0.4, -0.2) is 49.2 Å². The number of halogens is 1. The summed E-state index contributed by atoms with van der Waals surface area (Å²) in [4.78, 5) is 32.8. The number of hydrogen-bond acceptors (Lipinski definition) is 7. The van der Waals surface area contributed by atoms with Crippen LogP contribution in [0.4, 0.5) is 4.39 Å². The Bertz CT molecular complexity index is 370. The van der Waals surface area contributed by atoms with Crippen LogP contribution in [0.5, 0.6) is 0 Å². The molecule has 1 saturated heterocycles. The minimum absolute atomic E-state index is 0.437. The summed E-state index contributed by atoms with van der Waals surface area (Å²) >= 11 is 0. The average molecular weight is 278 g/mol. The Balaban J connectivity index is 2.89. The van der Waals surface area contributed by atoms with Gasteiger partial charge in [-0.3, -0.25) is 14.4 Å². The highest BCUT2D eigenvalue weighted by molar-refractivity contribution is 5.68. The minimum Gasteiger partial charge on any atom is -0.455 e. The highest BCUT2D eigenvalue weighted by Crippen LogP contribution is 2.24. The van der Waals surface area contributed by atoms with Crippen molar-refractivity contribution < 1.29 is 37.7 Å². The third-order valence-electron chi connectivity index (χ3n) is 2.25. The number of carbonyl (C=O) groups excluding carboxylic acids is 3. The second-order valence-corrected chi connectivity index (χ2v) is 3.98. The monoisotopic (exact) mass is 278 g/mol. The number of ether oxygens (including phenoxy) is 4. The van der Waals surface area contributed by atoms with E-state index in [1.165, 1.54) is 0 Å². The number of hydrogen-bond donors (Lipinski definition) is 0. The predicted octanol–water partition coefficient (Wildman–Crippen LogP) is 0.107. The number of alkyl halides is 1. The van der Waals surface area contributed by atoms with Gasteiger partial charge in [-0.1, -0.05) is 0 Å². The van der Waals surface area contributed by atoms with Crippen LogP contribution in [0.2, 0.25) is 0 Å². The van der Waals surface area contributed by atoms with Crippen molar-refractivity contribution >= 4 is 17.9 Å². The maximum absolute atomic E-state index is 13.7. The van der Waals surface area contributed by atoms with Crippen molar-refractivity contribution in [2.75, 3.05) is 6.61 Å². The van der Waals surface area contributed by atoms with Crippen LogP contribution in [0, 0.1) is 0 Å². The summed E-state index contributed by atoms with van der Waals surface area (Å²) in [6, 6.07) is 0. The van der Waals surface area contributed by atoms with Gasteiger partial charge < -0.3 is 18.9 Å². The van der Waals surface area contributed by atoms with E-state index in [0.717, 1.165) is 20.8 Å². The number of esters is 3. The Hall–Kier alpha value is -1.70. The molecule has 1 fully saturated rings. The summed E-state index contributed by atoms with van der Waals surface area (Å²) in [5.41, 5.74) is 0. The SMILES string of the molecule is CC(=O)O[C@@H]1OC[C@@H](F)[C@H](OC(C)=O)[C@H]1OC(C)=O. The van der Waals surface area contributed by atoms with E-state index in [1.807, 2.05) is 0 Å². The van der Waals surface area contributed by atoms with Gasteiger partial charge in [0.05, 0.1) is 6.61 Å². The summed E-state index contributed by atoms with van der Waals surface area (Å²) < 4.78 is 33.0. The van der Waals surface area contributed by atoms with Crippen LogP contribution in [0.1, 0.15) is 20.8 Å². The average Bonchev–Trinajstić information content (AvgIpc) is 2.25. The molecule has 0 spiro atoms. The van der Waals surface area contributed by atoms with Crippen molar-refractivity contribution in [3.05, 3.63) is 0 Å². The zero-order valence-electron chi connectivity index (χ0n) is 10.8. The van der Waals surface area contributed by atoms with Crippen LogP contribution in [0.25, 0.3) is 0 Å². The molecule has 1 rings (SSSR count). The fraction of sp³-hybridized carbons (Fsp3) is 0.727. The van der Waals surface area contributed by atoms with E-state index < -0.39 is 49.2 Å². The van der Waals surface area contributed by atoms with Crippen molar-refractivity contribution in [2.45, 2.75) is 45.4 Å². The molecule has 1 aliphatic rings. The standard InChI is InChI=1S/C11H15FO7/c1-5(13)17-9-8(12)4-16-11(19-7(3)15)10(9)18-6(2)14/h8-11H,4H2,1-3H3/t8-,9+,10-,11+/m1/s1. The van der Waals surface area contributed by atoms with Gasteiger partial charge in [0.25, 0.3) is 0 Å². The van der Waals surface area contributed by atoms with Gasteiger partial charge >= 0.3 is 17.9 Å². The quantitative estimate of drug-likeness (QED) is 0.534. The molecule has 0 unspecified atom stereocenters. The van der Waals surface area contributed by atoms with E-state index in [-0.39, 0.29) is 0 Å². The van der Waals surface area contributed by atoms with E-state index in [1.54, 1.807) is 0 Å². The molecule has 7 nitrogen and oxygen atoms in total. The molecule has 108 valence electrons. The van der Waals surface area contributed by atoms with Crippen molar-refractivity contribution in [3.8, 4) is 0 Å². The topological polar surface area (TPSA) is 88.1 Å². The van der Waals surface area contributed by atoms with Crippen LogP contribution >= 0.6 is 0 Å². The second-order valence-electron chi connectivity index (χ2n) is 3.98. The molecule has 1 heterocycles. The van der Waals surface area contributed by atoms with Crippen molar-refractivity contribution in [1.29, 1.82) is 0 Å². The van der Waals surface area contributed by atoms with Crippen molar-refractivity contribution in [2.24, 2.45) is 0 Å². The molecule has 1 aliphatic heterocycles. The predicted molar refractivity (Wildman–Crippen MR) is 57.5 cm³/mol. The van der Waals surface area contributed by atoms with Gasteiger partial charge in [-0.2, -0.15) is 0 Å². The third-order valence-corrected chi connectivity index (χ3v) is 2.25. The first-order chi connectivity index (χ1) is 8.81.